The van der Waals surface area contributed by atoms with Crippen LogP contribution in [0.3, 0.4) is 0 Å². The molecule has 0 heterocycles. The van der Waals surface area contributed by atoms with Crippen LogP contribution >= 0.6 is 0 Å². The van der Waals surface area contributed by atoms with Gasteiger partial charge in [-0.1, -0.05) is 29.8 Å². The van der Waals surface area contributed by atoms with Crippen LogP contribution in [-0.2, 0) is 16.1 Å². The van der Waals surface area contributed by atoms with Gasteiger partial charge in [0.1, 0.15) is 17.9 Å². The molecule has 25 heavy (non-hydrogen) atoms. The van der Waals surface area contributed by atoms with Gasteiger partial charge in [-0.05, 0) is 24.6 Å². The predicted molar refractivity (Wildman–Crippen MR) is 95.8 cm³/mol. The summed E-state index contributed by atoms with van der Waals surface area (Å²) in [5, 5.41) is 5.40. The maximum absolute atomic E-state index is 12.1. The molecule has 0 saturated carbocycles. The lowest BCUT2D eigenvalue weighted by atomic mass is 10.1. The highest BCUT2D eigenvalue weighted by atomic mass is 16.5. The molecule has 2 rings (SSSR count). The molecule has 2 aromatic carbocycles. The maximum Gasteiger partial charge on any atom is 0.233 e. The van der Waals surface area contributed by atoms with Crippen LogP contribution < -0.4 is 20.1 Å². The lowest BCUT2D eigenvalue weighted by Crippen LogP contribution is -2.27. The first-order valence-electron chi connectivity index (χ1n) is 7.86. The van der Waals surface area contributed by atoms with Crippen molar-refractivity contribution >= 4 is 17.5 Å². The van der Waals surface area contributed by atoms with Gasteiger partial charge < -0.3 is 20.1 Å². The van der Waals surface area contributed by atoms with Gasteiger partial charge in [0.05, 0.1) is 19.9 Å². The zero-order valence-electron chi connectivity index (χ0n) is 14.6. The van der Waals surface area contributed by atoms with Crippen LogP contribution in [0.2, 0.25) is 0 Å². The minimum atomic E-state index is -0.423. The van der Waals surface area contributed by atoms with E-state index in [0.717, 1.165) is 11.1 Å². The zero-order valence-corrected chi connectivity index (χ0v) is 14.6. The van der Waals surface area contributed by atoms with Gasteiger partial charge in [0.15, 0.2) is 0 Å². The summed E-state index contributed by atoms with van der Waals surface area (Å²) in [5.74, 6) is 0.307. The molecule has 0 unspecified atom stereocenters. The van der Waals surface area contributed by atoms with Crippen molar-refractivity contribution < 1.29 is 19.1 Å². The van der Waals surface area contributed by atoms with E-state index in [1.54, 1.807) is 18.2 Å². The van der Waals surface area contributed by atoms with Crippen LogP contribution in [0.4, 0.5) is 5.69 Å². The van der Waals surface area contributed by atoms with E-state index in [1.807, 2.05) is 31.2 Å². The summed E-state index contributed by atoms with van der Waals surface area (Å²) in [4.78, 5) is 24.0. The molecule has 6 heteroatoms. The largest absolute Gasteiger partial charge is 0.497 e. The Bertz CT molecular complexity index is 742. The van der Waals surface area contributed by atoms with E-state index in [4.69, 9.17) is 9.47 Å². The van der Waals surface area contributed by atoms with Gasteiger partial charge in [0, 0.05) is 12.6 Å². The maximum atomic E-state index is 12.1. The van der Waals surface area contributed by atoms with E-state index in [9.17, 15) is 9.59 Å². The molecule has 0 spiro atoms. The van der Waals surface area contributed by atoms with Crippen molar-refractivity contribution in [2.24, 2.45) is 0 Å². The summed E-state index contributed by atoms with van der Waals surface area (Å²) >= 11 is 0. The van der Waals surface area contributed by atoms with E-state index in [2.05, 4.69) is 10.6 Å². The van der Waals surface area contributed by atoms with Crippen molar-refractivity contribution in [2.45, 2.75) is 19.9 Å². The fourth-order valence-electron chi connectivity index (χ4n) is 2.22. The summed E-state index contributed by atoms with van der Waals surface area (Å²) in [6.45, 7) is 2.38. The van der Waals surface area contributed by atoms with Crippen molar-refractivity contribution in [3.8, 4) is 11.5 Å². The molecule has 0 radical (unpaired) electrons. The highest BCUT2D eigenvalue weighted by Crippen LogP contribution is 2.28. The molecule has 0 fully saturated rings. The summed E-state index contributed by atoms with van der Waals surface area (Å²) in [7, 11) is 3.04. The van der Waals surface area contributed by atoms with Crippen LogP contribution in [-0.4, -0.2) is 26.0 Å². The zero-order chi connectivity index (χ0) is 18.2. The minimum absolute atomic E-state index is 0.272. The number of rotatable bonds is 7. The first-order valence-corrected chi connectivity index (χ1v) is 7.86. The number of ether oxygens (including phenoxy) is 2. The average molecular weight is 342 g/mol. The first-order chi connectivity index (χ1) is 12.0. The fourth-order valence-corrected chi connectivity index (χ4v) is 2.22. The molecular formula is C19H22N2O4. The molecule has 2 amide bonds. The standard InChI is InChI=1S/C19H22N2O4/c1-13-4-6-14(7-5-13)12-20-18(22)11-19(23)21-16-10-15(24-2)8-9-17(16)25-3/h4-10H,11-12H2,1-3H3,(H,20,22)(H,21,23). The summed E-state index contributed by atoms with van der Waals surface area (Å²) in [6.07, 6.45) is -0.272. The number of anilines is 1. The van der Waals surface area contributed by atoms with Crippen molar-refractivity contribution in [1.29, 1.82) is 0 Å². The number of amides is 2. The van der Waals surface area contributed by atoms with Gasteiger partial charge in [-0.25, -0.2) is 0 Å². The SMILES string of the molecule is COc1ccc(OC)c(NC(=O)CC(=O)NCc2ccc(C)cc2)c1. The molecule has 0 aliphatic carbocycles. The molecule has 0 aliphatic rings. The lowest BCUT2D eigenvalue weighted by molar-refractivity contribution is -0.126. The van der Waals surface area contributed by atoms with Gasteiger partial charge in [0.2, 0.25) is 11.8 Å². The summed E-state index contributed by atoms with van der Waals surface area (Å²) in [5.41, 5.74) is 2.59. The number of carbonyl (C=O) groups excluding carboxylic acids is 2. The van der Waals surface area contributed by atoms with Crippen molar-refractivity contribution in [3.63, 3.8) is 0 Å². The van der Waals surface area contributed by atoms with Gasteiger partial charge >= 0.3 is 0 Å². The Kier molecular flexibility index (Phi) is 6.39. The molecule has 0 aliphatic heterocycles. The van der Waals surface area contributed by atoms with Gasteiger partial charge in [-0.15, -0.1) is 0 Å². The number of carbonyl (C=O) groups is 2. The van der Waals surface area contributed by atoms with Crippen LogP contribution in [0.15, 0.2) is 42.5 Å². The highest BCUT2D eigenvalue weighted by molar-refractivity contribution is 6.04. The quantitative estimate of drug-likeness (QED) is 0.759. The number of methoxy groups -OCH3 is 2. The van der Waals surface area contributed by atoms with Crippen molar-refractivity contribution in [3.05, 3.63) is 53.6 Å². The Hall–Kier alpha value is -3.02. The van der Waals surface area contributed by atoms with E-state index in [1.165, 1.54) is 14.2 Å². The van der Waals surface area contributed by atoms with Crippen LogP contribution in [0, 0.1) is 6.92 Å². The fraction of sp³-hybridized carbons (Fsp3) is 0.263. The molecule has 2 aromatic rings. The lowest BCUT2D eigenvalue weighted by Gasteiger charge is -2.12. The molecule has 0 aromatic heterocycles. The number of hydrogen-bond donors (Lipinski definition) is 2. The van der Waals surface area contributed by atoms with Crippen LogP contribution in [0.1, 0.15) is 17.5 Å². The minimum Gasteiger partial charge on any atom is -0.497 e. The van der Waals surface area contributed by atoms with Gasteiger partial charge in [-0.2, -0.15) is 0 Å². The smallest absolute Gasteiger partial charge is 0.233 e. The number of nitrogens with one attached hydrogen (secondary N) is 2. The Balaban J connectivity index is 1.89. The molecular weight excluding hydrogens is 320 g/mol. The van der Waals surface area contributed by atoms with Crippen LogP contribution in [0.5, 0.6) is 11.5 Å². The second kappa shape index (κ2) is 8.73. The van der Waals surface area contributed by atoms with Crippen molar-refractivity contribution in [1.82, 2.24) is 5.32 Å². The Labute approximate surface area is 147 Å². The van der Waals surface area contributed by atoms with Crippen molar-refractivity contribution in [2.75, 3.05) is 19.5 Å². The topological polar surface area (TPSA) is 76.7 Å². The molecule has 132 valence electrons. The third-order valence-corrected chi connectivity index (χ3v) is 3.61. The summed E-state index contributed by atoms with van der Waals surface area (Å²) in [6, 6.07) is 12.9. The normalized spacial score (nSPS) is 10.0. The molecule has 0 atom stereocenters. The Morgan fingerprint density at radius 2 is 1.68 bits per heavy atom. The van der Waals surface area contributed by atoms with Gasteiger partial charge in [0.25, 0.3) is 0 Å². The monoisotopic (exact) mass is 342 g/mol. The van der Waals surface area contributed by atoms with E-state index >= 15 is 0 Å². The second-order valence-electron chi connectivity index (χ2n) is 5.55. The van der Waals surface area contributed by atoms with Gasteiger partial charge in [-0.3, -0.25) is 9.59 Å². The second-order valence-corrected chi connectivity index (χ2v) is 5.55. The predicted octanol–water partition coefficient (Wildman–Crippen LogP) is 2.66. The third-order valence-electron chi connectivity index (χ3n) is 3.61. The Morgan fingerprint density at radius 1 is 0.960 bits per heavy atom. The highest BCUT2D eigenvalue weighted by Gasteiger charge is 2.13. The number of aryl methyl sites for hydroxylation is 1. The molecule has 0 saturated heterocycles. The summed E-state index contributed by atoms with van der Waals surface area (Å²) < 4.78 is 10.3. The van der Waals surface area contributed by atoms with E-state index in [0.29, 0.717) is 23.7 Å². The third kappa shape index (κ3) is 5.53. The first kappa shape index (κ1) is 18.3. The molecule has 2 N–H and O–H groups in total. The average Bonchev–Trinajstić information content (AvgIpc) is 2.61. The Morgan fingerprint density at radius 3 is 2.32 bits per heavy atom. The number of benzene rings is 2. The van der Waals surface area contributed by atoms with E-state index < -0.39 is 5.91 Å². The van der Waals surface area contributed by atoms with Crippen LogP contribution in [0.25, 0.3) is 0 Å². The molecule has 6 nitrogen and oxygen atoms in total. The number of hydrogen-bond acceptors (Lipinski definition) is 4. The van der Waals surface area contributed by atoms with E-state index in [-0.39, 0.29) is 12.3 Å². The molecule has 0 bridgehead atoms.